The third-order valence-electron chi connectivity index (χ3n) is 3.09. The van der Waals surface area contributed by atoms with Crippen molar-refractivity contribution in [1.82, 2.24) is 0 Å². The van der Waals surface area contributed by atoms with Crippen LogP contribution in [0.5, 0.6) is 0 Å². The first-order chi connectivity index (χ1) is 7.58. The van der Waals surface area contributed by atoms with E-state index in [-0.39, 0.29) is 0 Å². The van der Waals surface area contributed by atoms with Crippen LogP contribution < -0.4 is 4.90 Å². The zero-order chi connectivity index (χ0) is 12.1. The first-order valence-corrected chi connectivity index (χ1v) is 7.05. The van der Waals surface area contributed by atoms with Gasteiger partial charge in [-0.1, -0.05) is 47.0 Å². The second-order valence-electron chi connectivity index (χ2n) is 4.60. The summed E-state index contributed by atoms with van der Waals surface area (Å²) in [4.78, 5) is 2.37. The fraction of sp³-hybridized carbons (Fsp3) is 0.571. The van der Waals surface area contributed by atoms with Crippen LogP contribution in [-0.4, -0.2) is 18.9 Å². The predicted molar refractivity (Wildman–Crippen MR) is 76.8 cm³/mol. The molecule has 0 N–H and O–H groups in total. The molecule has 0 heterocycles. The lowest BCUT2D eigenvalue weighted by atomic mass is 10.1. The first-order valence-electron chi connectivity index (χ1n) is 5.92. The number of benzene rings is 1. The highest BCUT2D eigenvalue weighted by atomic mass is 79.9. The van der Waals surface area contributed by atoms with Crippen molar-refractivity contribution in [3.8, 4) is 0 Å². The summed E-state index contributed by atoms with van der Waals surface area (Å²) in [7, 11) is 2.18. The highest BCUT2D eigenvalue weighted by Crippen LogP contribution is 2.21. The molecule has 0 aliphatic rings. The Morgan fingerprint density at radius 1 is 1.31 bits per heavy atom. The molecule has 1 aromatic carbocycles. The van der Waals surface area contributed by atoms with Gasteiger partial charge in [0.2, 0.25) is 0 Å². The summed E-state index contributed by atoms with van der Waals surface area (Å²) in [6.45, 7) is 7.70. The van der Waals surface area contributed by atoms with Crippen molar-refractivity contribution >= 4 is 21.6 Å². The van der Waals surface area contributed by atoms with Gasteiger partial charge >= 0.3 is 0 Å². The van der Waals surface area contributed by atoms with Crippen LogP contribution in [0.1, 0.15) is 24.5 Å². The number of hydrogen-bond donors (Lipinski definition) is 0. The van der Waals surface area contributed by atoms with Crippen LogP contribution in [0.2, 0.25) is 0 Å². The number of anilines is 1. The summed E-state index contributed by atoms with van der Waals surface area (Å²) in [6.07, 6.45) is 1.22. The van der Waals surface area contributed by atoms with E-state index in [1.165, 1.54) is 23.2 Å². The number of alkyl halides is 1. The van der Waals surface area contributed by atoms with E-state index in [1.54, 1.807) is 0 Å². The molecular weight excluding hydrogens is 262 g/mol. The van der Waals surface area contributed by atoms with Gasteiger partial charge in [0.15, 0.2) is 0 Å². The monoisotopic (exact) mass is 283 g/mol. The molecule has 0 bridgehead atoms. The van der Waals surface area contributed by atoms with Crippen LogP contribution in [-0.2, 0) is 0 Å². The Morgan fingerprint density at radius 3 is 2.50 bits per heavy atom. The molecule has 0 aliphatic heterocycles. The highest BCUT2D eigenvalue weighted by Gasteiger charge is 2.10. The quantitative estimate of drug-likeness (QED) is 0.734. The van der Waals surface area contributed by atoms with Gasteiger partial charge in [-0.15, -0.1) is 0 Å². The van der Waals surface area contributed by atoms with E-state index in [0.717, 1.165) is 17.8 Å². The number of hydrogen-bond acceptors (Lipinski definition) is 1. The SMILES string of the molecule is CCC(CBr)CN(C)c1ccc(C)cc1C. The van der Waals surface area contributed by atoms with E-state index in [0.29, 0.717) is 0 Å². The van der Waals surface area contributed by atoms with E-state index in [4.69, 9.17) is 0 Å². The highest BCUT2D eigenvalue weighted by molar-refractivity contribution is 9.09. The molecule has 0 amide bonds. The summed E-state index contributed by atoms with van der Waals surface area (Å²) < 4.78 is 0. The Hall–Kier alpha value is -0.500. The number of nitrogens with zero attached hydrogens (tertiary/aromatic N) is 1. The Morgan fingerprint density at radius 2 is 2.00 bits per heavy atom. The Balaban J connectivity index is 2.76. The third kappa shape index (κ3) is 3.51. The lowest BCUT2D eigenvalue weighted by molar-refractivity contribution is 0.572. The van der Waals surface area contributed by atoms with E-state index < -0.39 is 0 Å². The second kappa shape index (κ2) is 6.29. The Bertz CT molecular complexity index is 332. The maximum absolute atomic E-state index is 3.58. The zero-order valence-electron chi connectivity index (χ0n) is 10.8. The molecule has 1 rings (SSSR count). The van der Waals surface area contributed by atoms with Gasteiger partial charge in [0.05, 0.1) is 0 Å². The van der Waals surface area contributed by atoms with Crippen LogP contribution in [0.25, 0.3) is 0 Å². The molecule has 0 spiro atoms. The molecular formula is C14H22BrN. The number of rotatable bonds is 5. The zero-order valence-corrected chi connectivity index (χ0v) is 12.3. The molecule has 0 fully saturated rings. The average molecular weight is 284 g/mol. The minimum absolute atomic E-state index is 0.728. The van der Waals surface area contributed by atoms with Crippen LogP contribution >= 0.6 is 15.9 Å². The van der Waals surface area contributed by atoms with Gasteiger partial charge in [0.25, 0.3) is 0 Å². The summed E-state index contributed by atoms with van der Waals surface area (Å²) in [6, 6.07) is 6.67. The summed E-state index contributed by atoms with van der Waals surface area (Å²) in [5.41, 5.74) is 4.05. The van der Waals surface area contributed by atoms with E-state index >= 15 is 0 Å². The molecule has 1 atom stereocenters. The van der Waals surface area contributed by atoms with Crippen LogP contribution in [0.3, 0.4) is 0 Å². The lowest BCUT2D eigenvalue weighted by Gasteiger charge is -2.25. The molecule has 2 heteroatoms. The molecule has 16 heavy (non-hydrogen) atoms. The van der Waals surface area contributed by atoms with Gasteiger partial charge in [-0.25, -0.2) is 0 Å². The Kier molecular flexibility index (Phi) is 5.33. The van der Waals surface area contributed by atoms with E-state index in [9.17, 15) is 0 Å². The van der Waals surface area contributed by atoms with Crippen molar-refractivity contribution in [3.05, 3.63) is 29.3 Å². The fourth-order valence-corrected chi connectivity index (χ4v) is 2.67. The van der Waals surface area contributed by atoms with Gasteiger partial charge in [-0.05, 0) is 31.4 Å². The first kappa shape index (κ1) is 13.6. The minimum atomic E-state index is 0.728. The molecule has 0 aliphatic carbocycles. The predicted octanol–water partition coefficient (Wildman–Crippen LogP) is 4.16. The molecule has 1 aromatic rings. The van der Waals surface area contributed by atoms with Crippen molar-refractivity contribution in [2.45, 2.75) is 27.2 Å². The minimum Gasteiger partial charge on any atom is -0.374 e. The van der Waals surface area contributed by atoms with Crippen molar-refractivity contribution in [3.63, 3.8) is 0 Å². The van der Waals surface area contributed by atoms with E-state index in [2.05, 4.69) is 66.8 Å². The maximum atomic E-state index is 3.58. The van der Waals surface area contributed by atoms with Gasteiger partial charge in [-0.3, -0.25) is 0 Å². The van der Waals surface area contributed by atoms with Crippen molar-refractivity contribution in [2.75, 3.05) is 23.8 Å². The molecule has 0 radical (unpaired) electrons. The molecule has 1 nitrogen and oxygen atoms in total. The molecule has 1 unspecified atom stereocenters. The van der Waals surface area contributed by atoms with Crippen LogP contribution in [0.4, 0.5) is 5.69 Å². The van der Waals surface area contributed by atoms with Gasteiger partial charge in [0, 0.05) is 24.6 Å². The van der Waals surface area contributed by atoms with Crippen molar-refractivity contribution in [2.24, 2.45) is 5.92 Å². The van der Waals surface area contributed by atoms with Crippen molar-refractivity contribution < 1.29 is 0 Å². The van der Waals surface area contributed by atoms with Gasteiger partial charge in [0.1, 0.15) is 0 Å². The molecule has 0 aromatic heterocycles. The smallest absolute Gasteiger partial charge is 0.0393 e. The third-order valence-corrected chi connectivity index (χ3v) is 4.01. The molecule has 0 saturated heterocycles. The normalized spacial score (nSPS) is 12.6. The van der Waals surface area contributed by atoms with Gasteiger partial charge in [-0.2, -0.15) is 0 Å². The average Bonchev–Trinajstić information content (AvgIpc) is 2.25. The number of halogens is 1. The van der Waals surface area contributed by atoms with Crippen molar-refractivity contribution in [1.29, 1.82) is 0 Å². The fourth-order valence-electron chi connectivity index (χ4n) is 2.01. The summed E-state index contributed by atoms with van der Waals surface area (Å²) >= 11 is 3.58. The summed E-state index contributed by atoms with van der Waals surface area (Å²) in [5.74, 6) is 0.728. The number of aryl methyl sites for hydroxylation is 2. The van der Waals surface area contributed by atoms with Crippen LogP contribution in [0, 0.1) is 19.8 Å². The largest absolute Gasteiger partial charge is 0.374 e. The topological polar surface area (TPSA) is 3.24 Å². The van der Waals surface area contributed by atoms with E-state index in [1.807, 2.05) is 0 Å². The standard InChI is InChI=1S/C14H22BrN/c1-5-13(9-15)10-16(4)14-7-6-11(2)8-12(14)3/h6-8,13H,5,9-10H2,1-4H3. The second-order valence-corrected chi connectivity index (χ2v) is 5.25. The van der Waals surface area contributed by atoms with Crippen LogP contribution in [0.15, 0.2) is 18.2 Å². The van der Waals surface area contributed by atoms with Gasteiger partial charge < -0.3 is 4.90 Å². The lowest BCUT2D eigenvalue weighted by Crippen LogP contribution is -2.26. The Labute approximate surface area is 108 Å². The molecule has 0 saturated carbocycles. The summed E-state index contributed by atoms with van der Waals surface area (Å²) in [5, 5.41) is 1.08. The maximum Gasteiger partial charge on any atom is 0.0393 e. The molecule has 90 valence electrons.